The van der Waals surface area contributed by atoms with E-state index in [0.717, 1.165) is 18.5 Å². The number of nitrogens with zero attached hydrogens (tertiary/aromatic N) is 4. The number of fused-ring (bicyclic) bond motifs is 1. The Kier molecular flexibility index (Phi) is 3.80. The molecule has 7 heteroatoms. The average molecular weight is 328 g/mol. The Morgan fingerprint density at radius 2 is 2.21 bits per heavy atom. The molecule has 126 valence electrons. The Hall–Kier alpha value is -2.28. The summed E-state index contributed by atoms with van der Waals surface area (Å²) in [5, 5.41) is 3.83. The molecule has 0 unspecified atom stereocenters. The predicted octanol–water partition coefficient (Wildman–Crippen LogP) is 2.07. The van der Waals surface area contributed by atoms with Crippen LogP contribution in [0.3, 0.4) is 0 Å². The van der Waals surface area contributed by atoms with E-state index in [2.05, 4.69) is 15.1 Å². The predicted molar refractivity (Wildman–Crippen MR) is 84.3 cm³/mol. The molecule has 2 aromatic rings. The van der Waals surface area contributed by atoms with Gasteiger partial charge in [-0.2, -0.15) is 4.98 Å². The van der Waals surface area contributed by atoms with E-state index >= 15 is 0 Å². The molecule has 0 saturated carbocycles. The largest absolute Gasteiger partial charge is 0.365 e. The van der Waals surface area contributed by atoms with Gasteiger partial charge in [-0.25, -0.2) is 0 Å². The van der Waals surface area contributed by atoms with Crippen molar-refractivity contribution in [2.24, 2.45) is 5.92 Å². The number of aromatic nitrogens is 3. The normalized spacial score (nSPS) is 26.4. The quantitative estimate of drug-likeness (QED) is 0.839. The maximum absolute atomic E-state index is 12.7. The number of pyridine rings is 1. The standard InChI is InChI=1S/C17H20N4O3/c1-10-3-4-12(8-18-10)17(22)21-6-5-14-13(9-21)7-15(23-14)16-19-11(2)20-24-16/h3-4,8,13-15H,5-7,9H2,1-2H3/t13-,14-,15+/m0/s1. The first kappa shape index (κ1) is 15.3. The fourth-order valence-electron chi connectivity index (χ4n) is 3.52. The van der Waals surface area contributed by atoms with E-state index in [9.17, 15) is 4.79 Å². The zero-order chi connectivity index (χ0) is 16.7. The van der Waals surface area contributed by atoms with Crippen LogP contribution in [0.4, 0.5) is 0 Å². The lowest BCUT2D eigenvalue weighted by atomic mass is 9.92. The van der Waals surface area contributed by atoms with Crippen LogP contribution < -0.4 is 0 Å². The molecular weight excluding hydrogens is 308 g/mol. The molecule has 2 fully saturated rings. The van der Waals surface area contributed by atoms with Crippen molar-refractivity contribution in [3.63, 3.8) is 0 Å². The zero-order valence-electron chi connectivity index (χ0n) is 13.8. The summed E-state index contributed by atoms with van der Waals surface area (Å²) in [7, 11) is 0. The maximum Gasteiger partial charge on any atom is 0.255 e. The second-order valence-electron chi connectivity index (χ2n) is 6.57. The third kappa shape index (κ3) is 2.80. The van der Waals surface area contributed by atoms with E-state index in [4.69, 9.17) is 9.26 Å². The summed E-state index contributed by atoms with van der Waals surface area (Å²) in [4.78, 5) is 23.0. The van der Waals surface area contributed by atoms with E-state index in [1.807, 2.05) is 24.0 Å². The summed E-state index contributed by atoms with van der Waals surface area (Å²) in [5.74, 6) is 1.51. The van der Waals surface area contributed by atoms with Crippen LogP contribution in [0.1, 0.15) is 46.7 Å². The van der Waals surface area contributed by atoms with E-state index in [1.165, 1.54) is 0 Å². The molecule has 0 spiro atoms. The second kappa shape index (κ2) is 5.98. The molecule has 7 nitrogen and oxygen atoms in total. The lowest BCUT2D eigenvalue weighted by Gasteiger charge is -2.34. The number of hydrogen-bond acceptors (Lipinski definition) is 6. The molecule has 2 aromatic heterocycles. The molecule has 2 aliphatic heterocycles. The van der Waals surface area contributed by atoms with Gasteiger partial charge in [-0.1, -0.05) is 5.16 Å². The number of carbonyl (C=O) groups excluding carboxylic acids is 1. The first-order valence-electron chi connectivity index (χ1n) is 8.28. The Morgan fingerprint density at radius 1 is 1.33 bits per heavy atom. The van der Waals surface area contributed by atoms with Crippen molar-refractivity contribution >= 4 is 5.91 Å². The number of hydrogen-bond donors (Lipinski definition) is 0. The highest BCUT2D eigenvalue weighted by molar-refractivity contribution is 5.94. The van der Waals surface area contributed by atoms with Crippen LogP contribution in [-0.4, -0.2) is 45.1 Å². The van der Waals surface area contributed by atoms with Crippen molar-refractivity contribution in [2.45, 2.75) is 38.9 Å². The van der Waals surface area contributed by atoms with Crippen LogP contribution in [0.2, 0.25) is 0 Å². The maximum atomic E-state index is 12.7. The van der Waals surface area contributed by atoms with Crippen molar-refractivity contribution < 1.29 is 14.1 Å². The Bertz CT molecular complexity index is 743. The number of aryl methyl sites for hydroxylation is 2. The summed E-state index contributed by atoms with van der Waals surface area (Å²) in [5.41, 5.74) is 1.55. The summed E-state index contributed by atoms with van der Waals surface area (Å²) in [6, 6.07) is 3.71. The molecule has 0 aliphatic carbocycles. The fraction of sp³-hybridized carbons (Fsp3) is 0.529. The highest BCUT2D eigenvalue weighted by Gasteiger charge is 2.42. The summed E-state index contributed by atoms with van der Waals surface area (Å²) >= 11 is 0. The van der Waals surface area contributed by atoms with Gasteiger partial charge in [0, 0.05) is 30.9 Å². The van der Waals surface area contributed by atoms with Crippen molar-refractivity contribution in [3.8, 4) is 0 Å². The Morgan fingerprint density at radius 3 is 2.92 bits per heavy atom. The van der Waals surface area contributed by atoms with Crippen LogP contribution in [0.5, 0.6) is 0 Å². The molecular formula is C17H20N4O3. The first-order valence-corrected chi connectivity index (χ1v) is 8.28. The van der Waals surface area contributed by atoms with Crippen LogP contribution in [-0.2, 0) is 4.74 Å². The summed E-state index contributed by atoms with van der Waals surface area (Å²) in [6.07, 6.45) is 3.29. The highest BCUT2D eigenvalue weighted by atomic mass is 16.5. The zero-order valence-corrected chi connectivity index (χ0v) is 13.8. The van der Waals surface area contributed by atoms with Crippen molar-refractivity contribution in [2.75, 3.05) is 13.1 Å². The number of carbonyl (C=O) groups is 1. The molecule has 2 saturated heterocycles. The third-order valence-corrected chi connectivity index (χ3v) is 4.78. The average Bonchev–Trinajstić information content (AvgIpc) is 3.20. The molecule has 3 atom stereocenters. The number of likely N-dealkylation sites (tertiary alicyclic amines) is 1. The van der Waals surface area contributed by atoms with Gasteiger partial charge >= 0.3 is 0 Å². The Balaban J connectivity index is 1.44. The molecule has 2 aliphatic rings. The topological polar surface area (TPSA) is 81.4 Å². The highest BCUT2D eigenvalue weighted by Crippen LogP contribution is 2.40. The lowest BCUT2D eigenvalue weighted by Crippen LogP contribution is -2.44. The number of rotatable bonds is 2. The van der Waals surface area contributed by atoms with Crippen LogP contribution in [0.15, 0.2) is 22.9 Å². The van der Waals surface area contributed by atoms with Crippen molar-refractivity contribution in [1.82, 2.24) is 20.0 Å². The van der Waals surface area contributed by atoms with Crippen molar-refractivity contribution in [3.05, 3.63) is 41.3 Å². The molecule has 0 bridgehead atoms. The third-order valence-electron chi connectivity index (χ3n) is 4.78. The van der Waals surface area contributed by atoms with Crippen molar-refractivity contribution in [1.29, 1.82) is 0 Å². The minimum absolute atomic E-state index is 0.0398. The van der Waals surface area contributed by atoms with Gasteiger partial charge in [0.25, 0.3) is 11.8 Å². The SMILES string of the molecule is Cc1ccc(C(=O)N2CC[C@@H]3O[C@@H](c4nc(C)no4)C[C@H]3C2)cn1. The smallest absolute Gasteiger partial charge is 0.255 e. The molecule has 24 heavy (non-hydrogen) atoms. The second-order valence-corrected chi connectivity index (χ2v) is 6.57. The number of piperidine rings is 1. The van der Waals surface area contributed by atoms with Crippen LogP contribution in [0, 0.1) is 19.8 Å². The molecule has 0 N–H and O–H groups in total. The molecule has 4 rings (SSSR count). The lowest BCUT2D eigenvalue weighted by molar-refractivity contribution is -0.00777. The van der Waals surface area contributed by atoms with Gasteiger partial charge in [-0.05, 0) is 38.8 Å². The van der Waals surface area contributed by atoms with Gasteiger partial charge in [0.2, 0.25) is 0 Å². The molecule has 4 heterocycles. The molecule has 1 amide bonds. The van der Waals surface area contributed by atoms with E-state index < -0.39 is 0 Å². The van der Waals surface area contributed by atoms with Gasteiger partial charge in [0.05, 0.1) is 11.7 Å². The van der Waals surface area contributed by atoms with Gasteiger partial charge in [-0.15, -0.1) is 0 Å². The Labute approximate surface area is 140 Å². The number of amides is 1. The van der Waals surface area contributed by atoms with E-state index in [-0.39, 0.29) is 18.1 Å². The fourth-order valence-corrected chi connectivity index (χ4v) is 3.52. The minimum atomic E-state index is -0.155. The molecule has 0 radical (unpaired) electrons. The minimum Gasteiger partial charge on any atom is -0.365 e. The van der Waals surface area contributed by atoms with Gasteiger partial charge in [0.1, 0.15) is 6.10 Å². The van der Waals surface area contributed by atoms with Gasteiger partial charge in [-0.3, -0.25) is 9.78 Å². The van der Waals surface area contributed by atoms with E-state index in [0.29, 0.717) is 36.3 Å². The van der Waals surface area contributed by atoms with Crippen LogP contribution in [0.25, 0.3) is 0 Å². The number of ether oxygens (including phenoxy) is 1. The molecule has 0 aromatic carbocycles. The van der Waals surface area contributed by atoms with E-state index in [1.54, 1.807) is 13.1 Å². The van der Waals surface area contributed by atoms with Crippen LogP contribution >= 0.6 is 0 Å². The summed E-state index contributed by atoms with van der Waals surface area (Å²) in [6.45, 7) is 5.10. The summed E-state index contributed by atoms with van der Waals surface area (Å²) < 4.78 is 11.3. The van der Waals surface area contributed by atoms with Gasteiger partial charge in [0.15, 0.2) is 5.82 Å². The monoisotopic (exact) mass is 328 g/mol. The van der Waals surface area contributed by atoms with Gasteiger partial charge < -0.3 is 14.2 Å². The first-order chi connectivity index (χ1) is 11.6.